The zero-order chi connectivity index (χ0) is 14.8. The normalized spacial score (nSPS) is 19.1. The molecule has 0 aromatic carbocycles. The maximum Gasteiger partial charge on any atom is 0.252 e. The summed E-state index contributed by atoms with van der Waals surface area (Å²) in [6.45, 7) is 3.75. The topological polar surface area (TPSA) is 40.6 Å². The maximum absolute atomic E-state index is 12.6. The Labute approximate surface area is 145 Å². The van der Waals surface area contributed by atoms with Crippen LogP contribution >= 0.6 is 54.8 Å². The molecule has 0 saturated carbocycles. The van der Waals surface area contributed by atoms with Crippen LogP contribution in [0.15, 0.2) is 14.1 Å². The van der Waals surface area contributed by atoms with Crippen LogP contribution in [0.1, 0.15) is 6.42 Å². The molecular formula is C11H15Br2ClN2O2S2. The van der Waals surface area contributed by atoms with E-state index >= 15 is 0 Å². The van der Waals surface area contributed by atoms with E-state index in [0.717, 1.165) is 31.4 Å². The quantitative estimate of drug-likeness (QED) is 0.640. The molecule has 2 heterocycles. The summed E-state index contributed by atoms with van der Waals surface area (Å²) in [6, 6.07) is 1.52. The summed E-state index contributed by atoms with van der Waals surface area (Å²) < 4.78 is 27.7. The zero-order valence-electron chi connectivity index (χ0n) is 10.7. The first-order valence-electron chi connectivity index (χ1n) is 6.18. The number of alkyl halides is 1. The second kappa shape index (κ2) is 7.39. The summed E-state index contributed by atoms with van der Waals surface area (Å²) in [5.41, 5.74) is 0. The molecule has 9 heteroatoms. The van der Waals surface area contributed by atoms with Crippen molar-refractivity contribution in [1.29, 1.82) is 0 Å². The minimum atomic E-state index is -3.43. The third kappa shape index (κ3) is 3.97. The molecule has 0 aliphatic carbocycles. The number of thiophene rings is 1. The molecular weight excluding hydrogens is 452 g/mol. The molecule has 20 heavy (non-hydrogen) atoms. The van der Waals surface area contributed by atoms with E-state index in [1.165, 1.54) is 17.4 Å². The Morgan fingerprint density at radius 1 is 1.30 bits per heavy atom. The standard InChI is InChI=1S/C11H15Br2ClN2O2S2/c12-2-5-15-3-1-4-16(7-6-15)20(17,18)10-8-9(14)11(13)19-10/h8H,1-7H2. The Kier molecular flexibility index (Phi) is 6.35. The van der Waals surface area contributed by atoms with Crippen LogP contribution < -0.4 is 0 Å². The Balaban J connectivity index is 2.13. The molecule has 0 atom stereocenters. The monoisotopic (exact) mass is 464 g/mol. The third-order valence-electron chi connectivity index (χ3n) is 3.16. The van der Waals surface area contributed by atoms with Gasteiger partial charge in [0.05, 0.1) is 8.81 Å². The molecule has 0 spiro atoms. The van der Waals surface area contributed by atoms with Crippen LogP contribution in [0.3, 0.4) is 0 Å². The highest BCUT2D eigenvalue weighted by atomic mass is 79.9. The fraction of sp³-hybridized carbons (Fsp3) is 0.636. The lowest BCUT2D eigenvalue weighted by Crippen LogP contribution is -2.35. The van der Waals surface area contributed by atoms with Gasteiger partial charge in [-0.2, -0.15) is 4.31 Å². The molecule has 0 bridgehead atoms. The lowest BCUT2D eigenvalue weighted by Gasteiger charge is -2.20. The molecule has 1 aromatic rings. The van der Waals surface area contributed by atoms with Gasteiger partial charge in [0.1, 0.15) is 4.21 Å². The molecule has 0 radical (unpaired) electrons. The molecule has 1 aliphatic rings. The van der Waals surface area contributed by atoms with Crippen molar-refractivity contribution in [1.82, 2.24) is 9.21 Å². The highest BCUT2D eigenvalue weighted by molar-refractivity contribution is 9.11. The van der Waals surface area contributed by atoms with Crippen LogP contribution in [0.4, 0.5) is 0 Å². The van der Waals surface area contributed by atoms with Crippen molar-refractivity contribution in [2.24, 2.45) is 0 Å². The average molecular weight is 467 g/mol. The van der Waals surface area contributed by atoms with Gasteiger partial charge in [0.2, 0.25) is 0 Å². The number of hydrogen-bond donors (Lipinski definition) is 0. The van der Waals surface area contributed by atoms with E-state index in [9.17, 15) is 8.42 Å². The van der Waals surface area contributed by atoms with Gasteiger partial charge in [0.15, 0.2) is 0 Å². The highest BCUT2D eigenvalue weighted by Gasteiger charge is 2.28. The first kappa shape index (κ1) is 17.2. The van der Waals surface area contributed by atoms with Crippen LogP contribution in [0, 0.1) is 0 Å². The second-order valence-corrected chi connectivity index (χ2v) is 10.2. The highest BCUT2D eigenvalue weighted by Crippen LogP contribution is 2.36. The SMILES string of the molecule is O=S(=O)(c1cc(Cl)c(Br)s1)N1CCCN(CCBr)CC1. The van der Waals surface area contributed by atoms with Gasteiger partial charge in [0.25, 0.3) is 10.0 Å². The van der Waals surface area contributed by atoms with Crippen molar-refractivity contribution in [2.45, 2.75) is 10.6 Å². The summed E-state index contributed by atoms with van der Waals surface area (Å²) in [5.74, 6) is 0. The van der Waals surface area contributed by atoms with Gasteiger partial charge >= 0.3 is 0 Å². The molecule has 0 unspecified atom stereocenters. The van der Waals surface area contributed by atoms with Crippen LogP contribution in [0.25, 0.3) is 0 Å². The molecule has 0 amide bonds. The van der Waals surface area contributed by atoms with Crippen LogP contribution in [0.2, 0.25) is 5.02 Å². The lowest BCUT2D eigenvalue weighted by molar-refractivity contribution is 0.305. The maximum atomic E-state index is 12.6. The van der Waals surface area contributed by atoms with Crippen molar-refractivity contribution in [3.05, 3.63) is 14.9 Å². The van der Waals surface area contributed by atoms with Crippen molar-refractivity contribution in [2.75, 3.05) is 38.1 Å². The average Bonchev–Trinajstić information content (AvgIpc) is 2.63. The lowest BCUT2D eigenvalue weighted by atomic mass is 10.4. The van der Waals surface area contributed by atoms with Crippen LogP contribution in [-0.2, 0) is 10.0 Å². The predicted molar refractivity (Wildman–Crippen MR) is 90.6 cm³/mol. The van der Waals surface area contributed by atoms with Crippen molar-refractivity contribution in [3.63, 3.8) is 0 Å². The number of hydrogen-bond acceptors (Lipinski definition) is 4. The molecule has 1 fully saturated rings. The van der Waals surface area contributed by atoms with Gasteiger partial charge in [-0.25, -0.2) is 8.42 Å². The fourth-order valence-electron chi connectivity index (χ4n) is 2.11. The Morgan fingerprint density at radius 3 is 2.65 bits per heavy atom. The summed E-state index contributed by atoms with van der Waals surface area (Å²) in [5, 5.41) is 1.36. The van der Waals surface area contributed by atoms with Gasteiger partial charge in [-0.05, 0) is 35.0 Å². The smallest absolute Gasteiger partial charge is 0.252 e. The Bertz CT molecular complexity index is 545. The molecule has 1 aromatic heterocycles. The molecule has 1 saturated heterocycles. The van der Waals surface area contributed by atoms with E-state index < -0.39 is 10.0 Å². The zero-order valence-corrected chi connectivity index (χ0v) is 16.2. The summed E-state index contributed by atoms with van der Waals surface area (Å²) in [6.07, 6.45) is 0.854. The predicted octanol–water partition coefficient (Wildman–Crippen LogP) is 3.26. The van der Waals surface area contributed by atoms with Gasteiger partial charge in [-0.15, -0.1) is 11.3 Å². The minimum absolute atomic E-state index is 0.309. The molecule has 4 nitrogen and oxygen atoms in total. The minimum Gasteiger partial charge on any atom is -0.301 e. The van der Waals surface area contributed by atoms with E-state index in [4.69, 9.17) is 11.6 Å². The molecule has 114 valence electrons. The van der Waals surface area contributed by atoms with E-state index in [-0.39, 0.29) is 0 Å². The molecule has 0 N–H and O–H groups in total. The van der Waals surface area contributed by atoms with Crippen LogP contribution in [0.5, 0.6) is 0 Å². The first-order valence-corrected chi connectivity index (χ1v) is 10.7. The summed E-state index contributed by atoms with van der Waals surface area (Å²) >= 11 is 13.8. The van der Waals surface area contributed by atoms with Crippen LogP contribution in [-0.4, -0.2) is 55.7 Å². The number of rotatable bonds is 4. The van der Waals surface area contributed by atoms with E-state index in [1.54, 1.807) is 4.31 Å². The molecule has 1 aliphatic heterocycles. The van der Waals surface area contributed by atoms with Crippen molar-refractivity contribution >= 4 is 64.8 Å². The Hall–Kier alpha value is 0.820. The van der Waals surface area contributed by atoms with E-state index in [0.29, 0.717) is 26.1 Å². The van der Waals surface area contributed by atoms with Gasteiger partial charge < -0.3 is 4.90 Å². The largest absolute Gasteiger partial charge is 0.301 e. The van der Waals surface area contributed by atoms with E-state index in [1.807, 2.05) is 0 Å². The summed E-state index contributed by atoms with van der Waals surface area (Å²) in [7, 11) is -3.43. The first-order chi connectivity index (χ1) is 9.45. The van der Waals surface area contributed by atoms with Crippen molar-refractivity contribution < 1.29 is 8.42 Å². The van der Waals surface area contributed by atoms with Gasteiger partial charge in [0, 0.05) is 31.5 Å². The Morgan fingerprint density at radius 2 is 2.05 bits per heavy atom. The van der Waals surface area contributed by atoms with Gasteiger partial charge in [-0.3, -0.25) is 0 Å². The number of halogens is 3. The molecule has 2 rings (SSSR count). The number of nitrogens with zero attached hydrogens (tertiary/aromatic N) is 2. The van der Waals surface area contributed by atoms with Gasteiger partial charge in [-0.1, -0.05) is 27.5 Å². The van der Waals surface area contributed by atoms with E-state index in [2.05, 4.69) is 36.8 Å². The number of sulfonamides is 1. The van der Waals surface area contributed by atoms with Crippen molar-refractivity contribution in [3.8, 4) is 0 Å². The fourth-order valence-corrected chi connectivity index (χ4v) is 6.64. The summed E-state index contributed by atoms with van der Waals surface area (Å²) in [4.78, 5) is 2.28. The second-order valence-electron chi connectivity index (χ2n) is 4.48. The third-order valence-corrected chi connectivity index (χ3v) is 8.34.